The molecule has 2 saturated carbocycles. The van der Waals surface area contributed by atoms with Crippen molar-refractivity contribution >= 4 is 0 Å². The Kier molecular flexibility index (Phi) is 14.1. The largest absolute Gasteiger partial charge is 0.496 e. The first kappa shape index (κ1) is 43.3. The Hall–Kier alpha value is -4.00. The molecule has 6 nitrogen and oxygen atoms in total. The van der Waals surface area contributed by atoms with Gasteiger partial charge >= 0.3 is 0 Å². The van der Waals surface area contributed by atoms with Crippen LogP contribution in [0.5, 0.6) is 23.0 Å². The quantitative estimate of drug-likeness (QED) is 0.123. The molecule has 12 bridgehead atoms. The van der Waals surface area contributed by atoms with Gasteiger partial charge in [0.2, 0.25) is 0 Å². The summed E-state index contributed by atoms with van der Waals surface area (Å²) in [5, 5.41) is 19.2. The van der Waals surface area contributed by atoms with Crippen molar-refractivity contribution in [2.75, 3.05) is 40.6 Å². The molecule has 0 saturated heterocycles. The van der Waals surface area contributed by atoms with Gasteiger partial charge in [0.05, 0.1) is 27.4 Å². The van der Waals surface area contributed by atoms with Gasteiger partial charge in [-0.3, -0.25) is 0 Å². The van der Waals surface area contributed by atoms with E-state index in [0.717, 1.165) is 126 Å². The minimum absolute atomic E-state index is 0.226. The zero-order chi connectivity index (χ0) is 42.4. The maximum Gasteiger partial charge on any atom is 0.126 e. The summed E-state index contributed by atoms with van der Waals surface area (Å²) in [6, 6.07) is 20.0. The number of aryl methyl sites for hydroxylation is 4. The minimum Gasteiger partial charge on any atom is -0.496 e. The Morgan fingerprint density at radius 1 is 0.403 bits per heavy atom. The van der Waals surface area contributed by atoms with Gasteiger partial charge in [0.1, 0.15) is 23.0 Å². The fourth-order valence-corrected chi connectivity index (χ4v) is 11.9. The predicted octanol–water partition coefficient (Wildman–Crippen LogP) is 12.1. The average molecular weight is 841 g/mol. The lowest BCUT2D eigenvalue weighted by Gasteiger charge is -2.41. The van der Waals surface area contributed by atoms with Crippen molar-refractivity contribution in [3.63, 3.8) is 0 Å². The minimum atomic E-state index is 0.226. The fraction of sp³-hybridized carbons (Fsp3) is 0.571. The molecule has 332 valence electrons. The van der Waals surface area contributed by atoms with Crippen LogP contribution in [0.1, 0.15) is 193 Å². The highest BCUT2D eigenvalue weighted by atomic mass is 16.5. The first-order chi connectivity index (χ1) is 30.6. The number of aliphatic hydroxyl groups is 2. The zero-order valence-electron chi connectivity index (χ0n) is 37.8. The average Bonchev–Trinajstić information content (AvgIpc) is 3.24. The maximum atomic E-state index is 9.59. The molecule has 5 aliphatic carbocycles. The normalized spacial score (nSPS) is 21.5. The van der Waals surface area contributed by atoms with Crippen molar-refractivity contribution in [2.45, 2.75) is 165 Å². The summed E-state index contributed by atoms with van der Waals surface area (Å²) < 4.78 is 27.4. The van der Waals surface area contributed by atoms with E-state index in [9.17, 15) is 10.2 Å². The van der Waals surface area contributed by atoms with Gasteiger partial charge in [0, 0.05) is 26.1 Å². The first-order valence-electron chi connectivity index (χ1n) is 24.7. The second kappa shape index (κ2) is 20.2. The van der Waals surface area contributed by atoms with Crippen LogP contribution in [0.25, 0.3) is 0 Å². The molecule has 9 rings (SSSR count). The van der Waals surface area contributed by atoms with Crippen molar-refractivity contribution in [3.8, 4) is 23.0 Å². The van der Waals surface area contributed by atoms with E-state index in [1.165, 1.54) is 105 Å². The van der Waals surface area contributed by atoms with Gasteiger partial charge in [0.15, 0.2) is 0 Å². The number of ether oxygens (including phenoxy) is 4. The van der Waals surface area contributed by atoms with Crippen LogP contribution >= 0.6 is 0 Å². The molecule has 0 spiro atoms. The monoisotopic (exact) mass is 841 g/mol. The van der Waals surface area contributed by atoms with Crippen LogP contribution in [0, 0.1) is 0 Å². The van der Waals surface area contributed by atoms with E-state index >= 15 is 0 Å². The lowest BCUT2D eigenvalue weighted by atomic mass is 9.64. The number of hydrogen-bond acceptors (Lipinski definition) is 6. The molecule has 6 heteroatoms. The number of aliphatic hydroxyl groups excluding tert-OH is 2. The van der Waals surface area contributed by atoms with Gasteiger partial charge in [-0.25, -0.2) is 0 Å². The van der Waals surface area contributed by atoms with Crippen LogP contribution in [0.4, 0.5) is 0 Å². The first-order valence-corrected chi connectivity index (χ1v) is 24.7. The molecule has 5 aliphatic rings. The van der Waals surface area contributed by atoms with Crippen molar-refractivity contribution in [1.82, 2.24) is 0 Å². The van der Waals surface area contributed by atoms with Crippen LogP contribution in [0.15, 0.2) is 48.5 Å². The molecule has 62 heavy (non-hydrogen) atoms. The van der Waals surface area contributed by atoms with E-state index < -0.39 is 0 Å². The van der Waals surface area contributed by atoms with Crippen molar-refractivity contribution in [1.29, 1.82) is 0 Å². The highest BCUT2D eigenvalue weighted by Gasteiger charge is 2.41. The van der Waals surface area contributed by atoms with Crippen LogP contribution in [-0.2, 0) is 38.5 Å². The third-order valence-corrected chi connectivity index (χ3v) is 15.3. The molecule has 0 radical (unpaired) electrons. The van der Waals surface area contributed by atoms with Gasteiger partial charge in [-0.1, -0.05) is 61.4 Å². The van der Waals surface area contributed by atoms with Crippen LogP contribution in [0.2, 0.25) is 0 Å². The van der Waals surface area contributed by atoms with Crippen molar-refractivity contribution in [3.05, 3.63) is 115 Å². The van der Waals surface area contributed by atoms with Crippen molar-refractivity contribution in [2.24, 2.45) is 0 Å². The van der Waals surface area contributed by atoms with Gasteiger partial charge in [-0.15, -0.1) is 0 Å². The predicted molar refractivity (Wildman–Crippen MR) is 249 cm³/mol. The summed E-state index contributed by atoms with van der Waals surface area (Å²) in [5.74, 6) is 5.62. The summed E-state index contributed by atoms with van der Waals surface area (Å²) in [4.78, 5) is 0. The molecule has 0 aromatic heterocycles. The molecular formula is C56H72O6. The van der Waals surface area contributed by atoms with E-state index in [0.29, 0.717) is 36.9 Å². The molecule has 4 aromatic rings. The number of methoxy groups -OCH3 is 2. The van der Waals surface area contributed by atoms with E-state index in [1.54, 1.807) is 0 Å². The summed E-state index contributed by atoms with van der Waals surface area (Å²) in [7, 11) is 3.79. The number of benzene rings is 4. The highest BCUT2D eigenvalue weighted by Crippen LogP contribution is 2.58. The molecule has 2 fully saturated rings. The van der Waals surface area contributed by atoms with E-state index in [1.807, 2.05) is 14.2 Å². The summed E-state index contributed by atoms with van der Waals surface area (Å²) >= 11 is 0. The van der Waals surface area contributed by atoms with Gasteiger partial charge < -0.3 is 29.2 Å². The SMILES string of the molecule is COc1c2cc3cc1[C@H]1CC[C@H]1c1cc(cc(c1OCCCCCO)Cc1cc4cc(c1OC)[C@H]1CC[C@H]1c1cc(cc(c1OCCCCCO)C2)CCCCC4)CCCCC3. The lowest BCUT2D eigenvalue weighted by Crippen LogP contribution is -2.25. The fourth-order valence-electron chi connectivity index (χ4n) is 11.9. The Morgan fingerprint density at radius 2 is 0.726 bits per heavy atom. The second-order valence-corrected chi connectivity index (χ2v) is 19.4. The molecule has 2 N–H and O–H groups in total. The Morgan fingerprint density at radius 3 is 1.03 bits per heavy atom. The lowest BCUT2D eigenvalue weighted by molar-refractivity contribution is 0.258. The Balaban J connectivity index is 1.29. The van der Waals surface area contributed by atoms with Crippen LogP contribution in [-0.4, -0.2) is 50.9 Å². The molecule has 4 atom stereocenters. The second-order valence-electron chi connectivity index (χ2n) is 19.4. The zero-order valence-corrected chi connectivity index (χ0v) is 37.8. The third-order valence-electron chi connectivity index (χ3n) is 15.3. The summed E-state index contributed by atoms with van der Waals surface area (Å²) in [6.07, 6.45) is 22.8. The maximum absolute atomic E-state index is 9.59. The number of hydrogen-bond donors (Lipinski definition) is 2. The van der Waals surface area contributed by atoms with Crippen LogP contribution < -0.4 is 18.9 Å². The third kappa shape index (κ3) is 9.16. The Bertz CT molecular complexity index is 2020. The molecule has 4 aromatic carbocycles. The van der Waals surface area contributed by atoms with Gasteiger partial charge in [-0.05, 0) is 206 Å². The number of fused-ring (bicyclic) bond motifs is 8. The highest BCUT2D eigenvalue weighted by molar-refractivity contribution is 5.59. The summed E-state index contributed by atoms with van der Waals surface area (Å²) in [6.45, 7) is 1.75. The Labute approximate surface area is 371 Å². The van der Waals surface area contributed by atoms with Crippen molar-refractivity contribution < 1.29 is 29.2 Å². The van der Waals surface area contributed by atoms with Crippen LogP contribution in [0.3, 0.4) is 0 Å². The number of rotatable bonds is 14. The standard InChI is InChI=1S/C56H72O6/c1-59-53-41-27-37-15-7-3-9-18-40-30-44(56(62-26-14-6-12-24-58)51(33-40)47-21-19-45(47)49(53)31-37)36-42-28-38-16-8-4-10-17-39-29-43(35-41)55(61-25-13-5-11-23-57)52(34-39)48-22-20-46(48)50(32-38)54(42)60-2/h27-34,45-48,57-58H,3-26,35-36H2,1-2H3/t45-,46-,47+,48+/m0/s1. The molecule has 0 amide bonds. The number of unbranched alkanes of at least 4 members (excludes halogenated alkanes) is 4. The molecule has 0 aliphatic heterocycles. The molecule has 0 unspecified atom stereocenters. The van der Waals surface area contributed by atoms with Gasteiger partial charge in [0.25, 0.3) is 0 Å². The molecule has 0 heterocycles. The summed E-state index contributed by atoms with van der Waals surface area (Å²) in [5.41, 5.74) is 16.4. The van der Waals surface area contributed by atoms with E-state index in [4.69, 9.17) is 18.9 Å². The van der Waals surface area contributed by atoms with E-state index in [2.05, 4.69) is 48.5 Å². The topological polar surface area (TPSA) is 77.4 Å². The smallest absolute Gasteiger partial charge is 0.126 e. The molecular weight excluding hydrogens is 769 g/mol. The van der Waals surface area contributed by atoms with E-state index in [-0.39, 0.29) is 13.2 Å². The van der Waals surface area contributed by atoms with Gasteiger partial charge in [-0.2, -0.15) is 0 Å².